The molecule has 2 aromatic heterocycles. The van der Waals surface area contributed by atoms with Gasteiger partial charge in [0.1, 0.15) is 5.66 Å². The van der Waals surface area contributed by atoms with Gasteiger partial charge >= 0.3 is 0 Å². The predicted molar refractivity (Wildman–Crippen MR) is 130 cm³/mol. The zero-order valence-corrected chi connectivity index (χ0v) is 18.9. The molecular weight excluding hydrogens is 396 g/mol. The van der Waals surface area contributed by atoms with Crippen LogP contribution in [-0.2, 0) is 6.42 Å². The minimum absolute atomic E-state index is 0.165. The zero-order chi connectivity index (χ0) is 22.6. The second-order valence-electron chi connectivity index (χ2n) is 9.08. The third kappa shape index (κ3) is 5.10. The Hall–Kier alpha value is -2.92. The Kier molecular flexibility index (Phi) is 6.75. The van der Waals surface area contributed by atoms with E-state index in [9.17, 15) is 4.79 Å². The lowest BCUT2D eigenvalue weighted by molar-refractivity contribution is 0.0978. The smallest absolute Gasteiger partial charge is 0.164 e. The highest BCUT2D eigenvalue weighted by Gasteiger charge is 2.30. The maximum atomic E-state index is 12.7. The topological polar surface area (TPSA) is 81.2 Å². The number of hydrogen-bond donors (Lipinski definition) is 1. The van der Waals surface area contributed by atoms with Gasteiger partial charge in [0.25, 0.3) is 0 Å². The molecule has 32 heavy (non-hydrogen) atoms. The maximum Gasteiger partial charge on any atom is 0.164 e. The fourth-order valence-electron chi connectivity index (χ4n) is 4.69. The summed E-state index contributed by atoms with van der Waals surface area (Å²) in [6, 6.07) is 14.7. The standard InChI is InChI=1S/C27H32N4O/c1-19-24(18-23-7-5-17-30-26(23)31-19)25(32)8-4-3-6-20-9-11-21(12-10-20)22-13-15-27(28,29-2)16-14-22/h5,7,9-12,17-18,22H,2-4,6,8,13-16,28H2,1H3. The minimum Gasteiger partial charge on any atom is -0.307 e. The first-order valence-corrected chi connectivity index (χ1v) is 11.6. The monoisotopic (exact) mass is 428 g/mol. The number of benzene rings is 1. The van der Waals surface area contributed by atoms with Gasteiger partial charge in [-0.1, -0.05) is 24.3 Å². The van der Waals surface area contributed by atoms with Crippen molar-refractivity contribution in [2.24, 2.45) is 10.7 Å². The highest BCUT2D eigenvalue weighted by atomic mass is 16.1. The van der Waals surface area contributed by atoms with Crippen LogP contribution in [0.15, 0.2) is 53.7 Å². The summed E-state index contributed by atoms with van der Waals surface area (Å²) >= 11 is 0. The Morgan fingerprint density at radius 3 is 2.66 bits per heavy atom. The first kappa shape index (κ1) is 22.3. The molecule has 0 amide bonds. The van der Waals surface area contributed by atoms with Gasteiger partial charge < -0.3 is 5.73 Å². The van der Waals surface area contributed by atoms with E-state index in [2.05, 4.69) is 45.9 Å². The number of nitrogens with two attached hydrogens (primary N) is 1. The van der Waals surface area contributed by atoms with Gasteiger partial charge in [-0.15, -0.1) is 0 Å². The molecule has 5 nitrogen and oxygen atoms in total. The fraction of sp³-hybridized carbons (Fsp3) is 0.407. The first-order chi connectivity index (χ1) is 15.5. The van der Waals surface area contributed by atoms with Gasteiger partial charge in [0, 0.05) is 23.6 Å². The van der Waals surface area contributed by atoms with Crippen LogP contribution in [0.25, 0.3) is 11.0 Å². The molecule has 0 spiro atoms. The number of ketones is 1. The molecule has 0 unspecified atom stereocenters. The summed E-state index contributed by atoms with van der Waals surface area (Å²) in [5.74, 6) is 0.729. The van der Waals surface area contributed by atoms with Crippen molar-refractivity contribution in [3.63, 3.8) is 0 Å². The molecule has 1 aliphatic carbocycles. The average molecular weight is 429 g/mol. The van der Waals surface area contributed by atoms with Gasteiger partial charge in [-0.3, -0.25) is 9.79 Å². The number of aromatic nitrogens is 2. The van der Waals surface area contributed by atoms with Crippen molar-refractivity contribution in [1.29, 1.82) is 0 Å². The average Bonchev–Trinajstić information content (AvgIpc) is 2.82. The van der Waals surface area contributed by atoms with Crippen LogP contribution in [0, 0.1) is 6.92 Å². The number of fused-ring (bicyclic) bond motifs is 1. The number of rotatable bonds is 8. The molecule has 1 aliphatic rings. The molecule has 5 heteroatoms. The van der Waals surface area contributed by atoms with Crippen LogP contribution >= 0.6 is 0 Å². The van der Waals surface area contributed by atoms with Crippen molar-refractivity contribution in [2.45, 2.75) is 69.9 Å². The Morgan fingerprint density at radius 2 is 1.94 bits per heavy atom. The molecule has 3 aromatic rings. The van der Waals surface area contributed by atoms with Crippen molar-refractivity contribution in [3.8, 4) is 0 Å². The number of unbranched alkanes of at least 4 members (excludes halogenated alkanes) is 1. The number of aliphatic imine (C=N–C) groups is 1. The summed E-state index contributed by atoms with van der Waals surface area (Å²) in [4.78, 5) is 25.6. The number of aryl methyl sites for hydroxylation is 2. The lowest BCUT2D eigenvalue weighted by Gasteiger charge is -2.34. The number of Topliss-reactive ketones (excluding diaryl/α,β-unsaturated/α-hetero) is 1. The van der Waals surface area contributed by atoms with Gasteiger partial charge in [0.15, 0.2) is 11.4 Å². The van der Waals surface area contributed by atoms with Crippen molar-refractivity contribution in [2.75, 3.05) is 0 Å². The van der Waals surface area contributed by atoms with E-state index in [0.717, 1.165) is 61.6 Å². The van der Waals surface area contributed by atoms with Crippen molar-refractivity contribution in [3.05, 3.63) is 71.0 Å². The van der Waals surface area contributed by atoms with Crippen LogP contribution in [0.4, 0.5) is 0 Å². The van der Waals surface area contributed by atoms with E-state index in [-0.39, 0.29) is 5.78 Å². The van der Waals surface area contributed by atoms with E-state index < -0.39 is 5.66 Å². The van der Waals surface area contributed by atoms with Gasteiger partial charge in [0.05, 0.1) is 5.69 Å². The molecule has 1 fully saturated rings. The second kappa shape index (κ2) is 9.70. The lowest BCUT2D eigenvalue weighted by Crippen LogP contribution is -2.40. The quantitative estimate of drug-likeness (QED) is 0.290. The molecule has 2 heterocycles. The number of hydrogen-bond acceptors (Lipinski definition) is 5. The maximum absolute atomic E-state index is 12.7. The number of carbonyl (C=O) groups excluding carboxylic acids is 1. The normalized spacial score (nSPS) is 20.9. The minimum atomic E-state index is -0.424. The third-order valence-corrected chi connectivity index (χ3v) is 6.82. The Labute approximate surface area is 190 Å². The molecule has 1 aromatic carbocycles. The number of nitrogens with zero attached hydrogens (tertiary/aromatic N) is 3. The van der Waals surface area contributed by atoms with Gasteiger partial charge in [-0.25, -0.2) is 9.97 Å². The summed E-state index contributed by atoms with van der Waals surface area (Å²) < 4.78 is 0. The summed E-state index contributed by atoms with van der Waals surface area (Å²) in [6.45, 7) is 5.53. The van der Waals surface area contributed by atoms with Gasteiger partial charge in [-0.05, 0) is 93.8 Å². The molecule has 0 aliphatic heterocycles. The molecule has 1 saturated carbocycles. The van der Waals surface area contributed by atoms with E-state index in [4.69, 9.17) is 5.73 Å². The van der Waals surface area contributed by atoms with Crippen molar-refractivity contribution >= 4 is 23.5 Å². The lowest BCUT2D eigenvalue weighted by atomic mass is 9.79. The van der Waals surface area contributed by atoms with Crippen LogP contribution < -0.4 is 5.73 Å². The molecule has 2 N–H and O–H groups in total. The largest absolute Gasteiger partial charge is 0.307 e. The van der Waals surface area contributed by atoms with Gasteiger partial charge in [0.2, 0.25) is 0 Å². The Balaban J connectivity index is 1.26. The van der Waals surface area contributed by atoms with Crippen molar-refractivity contribution in [1.82, 2.24) is 9.97 Å². The third-order valence-electron chi connectivity index (χ3n) is 6.82. The molecule has 0 atom stereocenters. The highest BCUT2D eigenvalue weighted by molar-refractivity contribution is 5.99. The van der Waals surface area contributed by atoms with E-state index in [1.165, 1.54) is 11.1 Å². The fourth-order valence-corrected chi connectivity index (χ4v) is 4.69. The Bertz CT molecular complexity index is 1100. The van der Waals surface area contributed by atoms with Crippen LogP contribution in [-0.4, -0.2) is 28.1 Å². The Morgan fingerprint density at radius 1 is 1.19 bits per heavy atom. The predicted octanol–water partition coefficient (Wildman–Crippen LogP) is 5.55. The van der Waals surface area contributed by atoms with E-state index in [1.807, 2.05) is 25.1 Å². The number of carbonyl (C=O) groups is 1. The SMILES string of the molecule is C=NC1(N)CCC(c2ccc(CCCCC(=O)c3cc4cccnc4nc3C)cc2)CC1. The van der Waals surface area contributed by atoms with E-state index in [1.54, 1.807) is 6.20 Å². The molecule has 0 bridgehead atoms. The molecule has 0 radical (unpaired) electrons. The van der Waals surface area contributed by atoms with E-state index >= 15 is 0 Å². The highest BCUT2D eigenvalue weighted by Crippen LogP contribution is 2.37. The molecular formula is C27H32N4O. The first-order valence-electron chi connectivity index (χ1n) is 11.6. The van der Waals surface area contributed by atoms with Crippen LogP contribution in [0.5, 0.6) is 0 Å². The molecule has 166 valence electrons. The van der Waals surface area contributed by atoms with Gasteiger partial charge in [-0.2, -0.15) is 0 Å². The van der Waals surface area contributed by atoms with E-state index in [0.29, 0.717) is 18.0 Å². The molecule has 4 rings (SSSR count). The zero-order valence-electron chi connectivity index (χ0n) is 18.9. The van der Waals surface area contributed by atoms with Crippen LogP contribution in [0.2, 0.25) is 0 Å². The van der Waals surface area contributed by atoms with Crippen molar-refractivity contribution < 1.29 is 4.79 Å². The summed E-state index contributed by atoms with van der Waals surface area (Å²) in [7, 11) is 0. The molecule has 0 saturated heterocycles. The summed E-state index contributed by atoms with van der Waals surface area (Å²) in [6.07, 6.45) is 9.07. The summed E-state index contributed by atoms with van der Waals surface area (Å²) in [5.41, 5.74) is 10.7. The van der Waals surface area contributed by atoms with Crippen LogP contribution in [0.3, 0.4) is 0 Å². The number of pyridine rings is 2. The summed E-state index contributed by atoms with van der Waals surface area (Å²) in [5, 5.41) is 0.914. The second-order valence-corrected chi connectivity index (χ2v) is 9.08. The van der Waals surface area contributed by atoms with Crippen LogP contribution in [0.1, 0.15) is 78.0 Å².